The zero-order valence-corrected chi connectivity index (χ0v) is 15.5. The summed E-state index contributed by atoms with van der Waals surface area (Å²) >= 11 is 5.95. The van der Waals surface area contributed by atoms with E-state index in [2.05, 4.69) is 25.4 Å². The highest BCUT2D eigenvalue weighted by Gasteiger charge is 2.24. The maximum atomic E-state index is 12.3. The van der Waals surface area contributed by atoms with Crippen molar-refractivity contribution in [3.63, 3.8) is 0 Å². The summed E-state index contributed by atoms with van der Waals surface area (Å²) < 4.78 is 0. The number of benzene rings is 1. The van der Waals surface area contributed by atoms with E-state index in [1.807, 2.05) is 36.4 Å². The molecule has 1 fully saturated rings. The van der Waals surface area contributed by atoms with Gasteiger partial charge in [-0.15, -0.1) is 0 Å². The second-order valence-electron chi connectivity index (χ2n) is 6.62. The summed E-state index contributed by atoms with van der Waals surface area (Å²) in [6.45, 7) is 1.64. The average molecular weight is 382 g/mol. The first-order valence-electron chi connectivity index (χ1n) is 8.97. The molecule has 3 heterocycles. The first kappa shape index (κ1) is 17.5. The van der Waals surface area contributed by atoms with E-state index < -0.39 is 0 Å². The normalized spacial score (nSPS) is 16.9. The third kappa shape index (κ3) is 4.11. The molecule has 2 N–H and O–H groups in total. The van der Waals surface area contributed by atoms with Gasteiger partial charge in [0.1, 0.15) is 5.69 Å². The Kier molecular flexibility index (Phi) is 5.07. The second kappa shape index (κ2) is 7.80. The van der Waals surface area contributed by atoms with Crippen LogP contribution in [0.1, 0.15) is 23.3 Å². The van der Waals surface area contributed by atoms with Crippen LogP contribution in [-0.4, -0.2) is 40.2 Å². The van der Waals surface area contributed by atoms with Gasteiger partial charge in [-0.1, -0.05) is 29.8 Å². The number of anilines is 1. The number of aromatic amines is 1. The van der Waals surface area contributed by atoms with Gasteiger partial charge in [0, 0.05) is 36.4 Å². The van der Waals surface area contributed by atoms with Gasteiger partial charge in [0.2, 0.25) is 0 Å². The van der Waals surface area contributed by atoms with E-state index in [-0.39, 0.29) is 11.9 Å². The molecule has 0 spiro atoms. The Bertz CT molecular complexity index is 910. The van der Waals surface area contributed by atoms with Crippen molar-refractivity contribution in [1.82, 2.24) is 20.5 Å². The van der Waals surface area contributed by atoms with Gasteiger partial charge in [0.25, 0.3) is 5.91 Å². The molecule has 0 saturated carbocycles. The van der Waals surface area contributed by atoms with E-state index in [4.69, 9.17) is 11.6 Å². The van der Waals surface area contributed by atoms with E-state index in [1.165, 1.54) is 0 Å². The smallest absolute Gasteiger partial charge is 0.270 e. The number of pyridine rings is 1. The van der Waals surface area contributed by atoms with Crippen LogP contribution < -0.4 is 10.2 Å². The number of rotatable bonds is 4. The molecule has 3 aromatic rings. The van der Waals surface area contributed by atoms with Crippen LogP contribution in [0.25, 0.3) is 11.3 Å². The molecule has 1 amide bonds. The van der Waals surface area contributed by atoms with E-state index in [9.17, 15) is 4.79 Å². The number of hydrogen-bond donors (Lipinski definition) is 2. The predicted octanol–water partition coefficient (Wildman–Crippen LogP) is 3.52. The van der Waals surface area contributed by atoms with Crippen molar-refractivity contribution in [3.05, 3.63) is 65.4 Å². The molecule has 6 nitrogen and oxygen atoms in total. The van der Waals surface area contributed by atoms with Gasteiger partial charge in [-0.3, -0.25) is 14.9 Å². The predicted molar refractivity (Wildman–Crippen MR) is 106 cm³/mol. The fourth-order valence-corrected chi connectivity index (χ4v) is 3.44. The molecule has 0 radical (unpaired) electrons. The van der Waals surface area contributed by atoms with Crippen LogP contribution >= 0.6 is 11.6 Å². The zero-order valence-electron chi connectivity index (χ0n) is 14.7. The van der Waals surface area contributed by atoms with Gasteiger partial charge in [0.15, 0.2) is 5.82 Å². The van der Waals surface area contributed by atoms with Crippen LogP contribution in [0.2, 0.25) is 5.02 Å². The van der Waals surface area contributed by atoms with E-state index in [1.54, 1.807) is 18.3 Å². The van der Waals surface area contributed by atoms with Gasteiger partial charge in [-0.2, -0.15) is 5.10 Å². The maximum absolute atomic E-state index is 12.3. The second-order valence-corrected chi connectivity index (χ2v) is 7.06. The highest BCUT2D eigenvalue weighted by molar-refractivity contribution is 6.30. The molecule has 138 valence electrons. The minimum absolute atomic E-state index is 0.0731. The average Bonchev–Trinajstić information content (AvgIpc) is 3.20. The number of nitrogens with one attached hydrogen (secondary N) is 2. The fraction of sp³-hybridized carbons (Fsp3) is 0.250. The molecule has 0 bridgehead atoms. The zero-order chi connectivity index (χ0) is 18.6. The number of nitrogens with zero attached hydrogens (tertiary/aromatic N) is 3. The van der Waals surface area contributed by atoms with E-state index >= 15 is 0 Å². The lowest BCUT2D eigenvalue weighted by atomic mass is 10.1. The van der Waals surface area contributed by atoms with Gasteiger partial charge in [-0.25, -0.2) is 0 Å². The topological polar surface area (TPSA) is 73.9 Å². The summed E-state index contributed by atoms with van der Waals surface area (Å²) in [4.78, 5) is 18.7. The molecule has 1 saturated heterocycles. The van der Waals surface area contributed by atoms with Crippen molar-refractivity contribution in [2.45, 2.75) is 18.9 Å². The van der Waals surface area contributed by atoms with Crippen molar-refractivity contribution in [3.8, 4) is 11.3 Å². The van der Waals surface area contributed by atoms with Gasteiger partial charge in [0.05, 0.1) is 5.69 Å². The Hall–Kier alpha value is -2.86. The van der Waals surface area contributed by atoms with Gasteiger partial charge < -0.3 is 10.2 Å². The number of carbonyl (C=O) groups excluding carboxylic acids is 1. The number of carbonyl (C=O) groups is 1. The molecule has 0 unspecified atom stereocenters. The quantitative estimate of drug-likeness (QED) is 0.725. The van der Waals surface area contributed by atoms with Gasteiger partial charge in [-0.05, 0) is 42.7 Å². The number of hydrogen-bond acceptors (Lipinski definition) is 4. The molecule has 0 aliphatic carbocycles. The Morgan fingerprint density at radius 2 is 2.07 bits per heavy atom. The summed E-state index contributed by atoms with van der Waals surface area (Å²) in [5.74, 6) is 0.753. The van der Waals surface area contributed by atoms with Gasteiger partial charge >= 0.3 is 0 Å². The van der Waals surface area contributed by atoms with Crippen LogP contribution in [-0.2, 0) is 0 Å². The molecule has 1 aromatic carbocycles. The minimum Gasteiger partial charge on any atom is -0.353 e. The monoisotopic (exact) mass is 381 g/mol. The molecule has 1 aliphatic heterocycles. The van der Waals surface area contributed by atoms with Crippen LogP contribution in [0.4, 0.5) is 5.82 Å². The maximum Gasteiger partial charge on any atom is 0.270 e. The molecule has 1 atom stereocenters. The summed E-state index contributed by atoms with van der Waals surface area (Å²) in [6, 6.07) is 15.1. The minimum atomic E-state index is -0.133. The third-order valence-electron chi connectivity index (χ3n) is 4.70. The fourth-order valence-electron chi connectivity index (χ4n) is 3.31. The largest absolute Gasteiger partial charge is 0.353 e. The molecular formula is C20H20ClN5O. The number of H-pyrrole nitrogens is 1. The van der Waals surface area contributed by atoms with Crippen LogP contribution in [0, 0.1) is 0 Å². The molecule has 27 heavy (non-hydrogen) atoms. The number of amides is 1. The lowest BCUT2D eigenvalue weighted by molar-refractivity contribution is 0.0928. The first-order chi connectivity index (χ1) is 13.2. The van der Waals surface area contributed by atoms with Crippen molar-refractivity contribution in [2.75, 3.05) is 18.0 Å². The van der Waals surface area contributed by atoms with Crippen LogP contribution in [0.5, 0.6) is 0 Å². The lowest BCUT2D eigenvalue weighted by Gasteiger charge is -2.33. The Morgan fingerprint density at radius 1 is 1.22 bits per heavy atom. The molecule has 2 aromatic heterocycles. The van der Waals surface area contributed by atoms with Crippen molar-refractivity contribution < 1.29 is 4.79 Å². The molecule has 1 aliphatic rings. The van der Waals surface area contributed by atoms with Crippen LogP contribution in [0.3, 0.4) is 0 Å². The summed E-state index contributed by atoms with van der Waals surface area (Å²) in [5, 5.41) is 11.3. The van der Waals surface area contributed by atoms with Crippen molar-refractivity contribution >= 4 is 23.3 Å². The summed E-state index contributed by atoms with van der Waals surface area (Å²) in [7, 11) is 0. The van der Waals surface area contributed by atoms with Crippen molar-refractivity contribution in [1.29, 1.82) is 0 Å². The van der Waals surface area contributed by atoms with Crippen molar-refractivity contribution in [2.24, 2.45) is 0 Å². The Labute approximate surface area is 162 Å². The van der Waals surface area contributed by atoms with Crippen LogP contribution in [0.15, 0.2) is 54.7 Å². The Balaban J connectivity index is 1.42. The van der Waals surface area contributed by atoms with E-state index in [0.717, 1.165) is 43.0 Å². The molecular weight excluding hydrogens is 362 g/mol. The standard InChI is InChI=1S/C20H20ClN5O/c21-15-8-6-14(7-9-15)18-12-19(25-24-18)26-11-3-4-16(13-26)23-20(27)17-5-1-2-10-22-17/h1-2,5-10,12,16H,3-4,11,13H2,(H,23,27)(H,24,25)/t16-/m0/s1. The lowest BCUT2D eigenvalue weighted by Crippen LogP contribution is -2.48. The van der Waals surface area contributed by atoms with E-state index in [0.29, 0.717) is 10.7 Å². The third-order valence-corrected chi connectivity index (χ3v) is 4.95. The molecule has 4 rings (SSSR count). The number of aromatic nitrogens is 3. The number of piperidine rings is 1. The highest BCUT2D eigenvalue weighted by Crippen LogP contribution is 2.25. The molecule has 7 heteroatoms. The summed E-state index contributed by atoms with van der Waals surface area (Å²) in [6.07, 6.45) is 3.57. The summed E-state index contributed by atoms with van der Waals surface area (Å²) in [5.41, 5.74) is 2.43. The number of halogens is 1. The Morgan fingerprint density at radius 3 is 2.85 bits per heavy atom. The first-order valence-corrected chi connectivity index (χ1v) is 9.35. The SMILES string of the molecule is O=C(N[C@H]1CCCN(c2cc(-c3ccc(Cl)cc3)[nH]n2)C1)c1ccccn1. The highest BCUT2D eigenvalue weighted by atomic mass is 35.5.